The zero-order valence-electron chi connectivity index (χ0n) is 33.6. The zero-order valence-corrected chi connectivity index (χ0v) is 36.1. The maximum absolute atomic E-state index is 6.17. The second-order valence-corrected chi connectivity index (χ2v) is 15.1. The van der Waals surface area contributed by atoms with Gasteiger partial charge >= 0.3 is 26.2 Å². The average molecular weight is 842 g/mol. The van der Waals surface area contributed by atoms with Crippen molar-refractivity contribution in [3.8, 4) is 67.5 Å². The summed E-state index contributed by atoms with van der Waals surface area (Å²) in [7, 11) is 0. The summed E-state index contributed by atoms with van der Waals surface area (Å²) in [5.41, 5.74) is 12.3. The van der Waals surface area contributed by atoms with Crippen LogP contribution in [0.3, 0.4) is 0 Å². The Kier molecular flexibility index (Phi) is 12.3. The van der Waals surface area contributed by atoms with Crippen molar-refractivity contribution in [3.05, 3.63) is 205 Å². The molecule has 0 unspecified atom stereocenters. The molecule has 0 aliphatic heterocycles. The smallest absolute Gasteiger partial charge is 0.491 e. The van der Waals surface area contributed by atoms with Gasteiger partial charge in [-0.05, 0) is 59.4 Å². The van der Waals surface area contributed by atoms with Crippen LogP contribution in [0.4, 0.5) is 0 Å². The number of rotatable bonds is 10. The van der Waals surface area contributed by atoms with Crippen molar-refractivity contribution in [2.24, 2.45) is 0 Å². The molecule has 286 valence electrons. The minimum absolute atomic E-state index is 0. The van der Waals surface area contributed by atoms with Gasteiger partial charge in [-0.1, -0.05) is 182 Å². The van der Waals surface area contributed by atoms with Gasteiger partial charge in [0.05, 0.1) is 11.5 Å². The van der Waals surface area contributed by atoms with Crippen LogP contribution in [-0.2, 0) is 39.0 Å². The number of furan rings is 2. The average Bonchev–Trinajstić information content (AvgIpc) is 4.11. The number of hydrogen-bond donors (Lipinski definition) is 0. The third-order valence-electron chi connectivity index (χ3n) is 11.0. The minimum atomic E-state index is 0. The van der Waals surface area contributed by atoms with Gasteiger partial charge < -0.3 is 8.83 Å². The number of aryl methyl sites for hydroxylation is 2. The van der Waals surface area contributed by atoms with Crippen LogP contribution in [0.5, 0.6) is 0 Å². The van der Waals surface area contributed by atoms with E-state index in [4.69, 9.17) is 8.83 Å². The summed E-state index contributed by atoms with van der Waals surface area (Å²) < 4.78 is 12.3. The maximum Gasteiger partial charge on any atom is 2.00 e. The van der Waals surface area contributed by atoms with Gasteiger partial charge in [-0.2, -0.15) is 0 Å². The Bertz CT molecular complexity index is 2680. The van der Waals surface area contributed by atoms with Crippen molar-refractivity contribution in [2.45, 2.75) is 39.5 Å². The molecule has 2 aromatic heterocycles. The molecule has 0 atom stereocenters. The van der Waals surface area contributed by atoms with E-state index in [1.54, 1.807) is 0 Å². The largest absolute Gasteiger partial charge is 2.00 e. The van der Waals surface area contributed by atoms with E-state index < -0.39 is 0 Å². The predicted molar refractivity (Wildman–Crippen MR) is 244 cm³/mol. The normalized spacial score (nSPS) is 11.0. The molecule has 0 saturated carbocycles. The van der Waals surface area contributed by atoms with Crippen LogP contribution in [0.2, 0.25) is 0 Å². The summed E-state index contributed by atoms with van der Waals surface area (Å²) in [6.45, 7) is 4.44. The maximum atomic E-state index is 6.17. The molecule has 0 amide bonds. The van der Waals surface area contributed by atoms with Gasteiger partial charge in [-0.15, -0.1) is 57.9 Å². The second kappa shape index (κ2) is 18.3. The van der Waals surface area contributed by atoms with Crippen molar-refractivity contribution in [2.75, 3.05) is 0 Å². The van der Waals surface area contributed by atoms with Crippen LogP contribution in [0, 0.1) is 0 Å². The summed E-state index contributed by atoms with van der Waals surface area (Å²) in [5.74, 6) is 3.61. The van der Waals surface area contributed by atoms with Gasteiger partial charge in [-0.25, -0.2) is 0 Å². The predicted octanol–water partition coefficient (Wildman–Crippen LogP) is 16.2. The van der Waals surface area contributed by atoms with E-state index in [9.17, 15) is 0 Å². The van der Waals surface area contributed by atoms with E-state index in [-0.39, 0.29) is 26.2 Å². The summed E-state index contributed by atoms with van der Waals surface area (Å²) in [4.78, 5) is 0. The molecule has 0 aliphatic rings. The fourth-order valence-corrected chi connectivity index (χ4v) is 8.04. The number of benzene rings is 6. The first-order chi connectivity index (χ1) is 28.6. The van der Waals surface area contributed by atoms with Gasteiger partial charge in [0.1, 0.15) is 11.5 Å². The Balaban J connectivity index is 0.000000161. The molecule has 0 aliphatic carbocycles. The minimum Gasteiger partial charge on any atom is -0.491 e. The fourth-order valence-electron chi connectivity index (χ4n) is 8.04. The molecule has 0 saturated heterocycles. The quantitative estimate of drug-likeness (QED) is 0.128. The van der Waals surface area contributed by atoms with E-state index in [1.165, 1.54) is 67.8 Å². The molecule has 10 rings (SSSR count). The first kappa shape index (κ1) is 39.8. The first-order valence-electron chi connectivity index (χ1n) is 20.5. The molecule has 0 spiro atoms. The Morgan fingerprint density at radius 2 is 0.763 bits per heavy atom. The van der Waals surface area contributed by atoms with Gasteiger partial charge in [0, 0.05) is 11.1 Å². The Hall–Kier alpha value is -6.02. The molecule has 10 aromatic rings. The van der Waals surface area contributed by atoms with Crippen molar-refractivity contribution in [3.63, 3.8) is 0 Å². The van der Waals surface area contributed by atoms with Gasteiger partial charge in [0.25, 0.3) is 0 Å². The first-order valence-corrected chi connectivity index (χ1v) is 20.5. The Morgan fingerprint density at radius 1 is 0.373 bits per heavy atom. The van der Waals surface area contributed by atoms with Gasteiger partial charge in [0.15, 0.2) is 0 Å². The van der Waals surface area contributed by atoms with Gasteiger partial charge in [-0.3, -0.25) is 0 Å². The summed E-state index contributed by atoms with van der Waals surface area (Å²) in [5, 5.41) is 5.02. The van der Waals surface area contributed by atoms with Gasteiger partial charge in [0.2, 0.25) is 0 Å². The molecule has 0 radical (unpaired) electrons. The molecule has 0 bridgehead atoms. The Morgan fingerprint density at radius 3 is 1.15 bits per heavy atom. The van der Waals surface area contributed by atoms with Crippen molar-refractivity contribution >= 4 is 21.5 Å². The van der Waals surface area contributed by atoms with E-state index in [0.717, 1.165) is 58.1 Å². The third kappa shape index (κ3) is 8.73. The molecule has 2 heterocycles. The number of hydrogen-bond acceptors (Lipinski definition) is 2. The molecule has 0 fully saturated rings. The van der Waals surface area contributed by atoms with Crippen molar-refractivity contribution in [1.29, 1.82) is 0 Å². The summed E-state index contributed by atoms with van der Waals surface area (Å²) in [6.07, 6.45) is 4.62. The van der Waals surface area contributed by atoms with E-state index in [2.05, 4.69) is 172 Å². The third-order valence-corrected chi connectivity index (χ3v) is 11.0. The van der Waals surface area contributed by atoms with Crippen LogP contribution in [0.15, 0.2) is 203 Å². The molecule has 3 heteroatoms. The molecular formula is C56H46O2Zr. The van der Waals surface area contributed by atoms with Crippen molar-refractivity contribution in [1.82, 2.24) is 0 Å². The van der Waals surface area contributed by atoms with E-state index >= 15 is 0 Å². The van der Waals surface area contributed by atoms with Crippen LogP contribution in [0.25, 0.3) is 89.1 Å². The van der Waals surface area contributed by atoms with E-state index in [1.807, 2.05) is 36.4 Å². The van der Waals surface area contributed by atoms with E-state index in [0.29, 0.717) is 0 Å². The molecule has 0 N–H and O–H groups in total. The monoisotopic (exact) mass is 840 g/mol. The second-order valence-electron chi connectivity index (χ2n) is 15.1. The number of fused-ring (bicyclic) bond motifs is 2. The molecule has 2 nitrogen and oxygen atoms in total. The molecular weight excluding hydrogens is 796 g/mol. The molecule has 59 heavy (non-hydrogen) atoms. The van der Waals surface area contributed by atoms with Crippen LogP contribution in [-0.4, -0.2) is 0 Å². The van der Waals surface area contributed by atoms with Crippen LogP contribution in [0.1, 0.15) is 37.8 Å². The topological polar surface area (TPSA) is 26.3 Å². The van der Waals surface area contributed by atoms with Crippen LogP contribution >= 0.6 is 0 Å². The van der Waals surface area contributed by atoms with Crippen LogP contribution < -0.4 is 0 Å². The summed E-state index contributed by atoms with van der Waals surface area (Å²) >= 11 is 0. The van der Waals surface area contributed by atoms with Crippen molar-refractivity contribution < 1.29 is 35.0 Å². The SMILES string of the molecule is CCCc1ccc(-c2cccc3[cH-]c(-c4ccc(-c5ccccc5)o4)cc23)cc1.CCCc1ccc(-c2cccc3[cH-]c(-c4ccc(-c5ccccc5)o4)cc23)cc1.[Zr+2]. The zero-order chi connectivity index (χ0) is 39.3. The Labute approximate surface area is 366 Å². The summed E-state index contributed by atoms with van der Waals surface area (Å²) in [6, 6.07) is 68.7. The molecule has 8 aromatic carbocycles. The standard InChI is InChI=1S/2C28H23O.Zr/c2*1-2-7-20-12-14-21(15-13-20)25-11-6-10-23-18-24(19-26(23)25)28-17-16-27(29-28)22-8-4-3-5-9-22;/h2*3-6,8-19H,2,7H2,1H3;/q2*-1;+2. The fraction of sp³-hybridized carbons (Fsp3) is 0.107.